The van der Waals surface area contributed by atoms with Gasteiger partial charge >= 0.3 is 0 Å². The van der Waals surface area contributed by atoms with Gasteiger partial charge in [-0.25, -0.2) is 0 Å². The Morgan fingerprint density at radius 1 is 1.30 bits per heavy atom. The van der Waals surface area contributed by atoms with E-state index in [-0.39, 0.29) is 0 Å². The minimum absolute atomic E-state index is 0.360. The van der Waals surface area contributed by atoms with Crippen LogP contribution in [0.1, 0.15) is 37.7 Å². The number of likely N-dealkylation sites (tertiary alicyclic amines) is 2. The number of hydrogen-bond acceptors (Lipinski definition) is 3. The predicted molar refractivity (Wildman–Crippen MR) is 83.0 cm³/mol. The van der Waals surface area contributed by atoms with Gasteiger partial charge in [-0.2, -0.15) is 11.3 Å². The fourth-order valence-corrected chi connectivity index (χ4v) is 4.46. The van der Waals surface area contributed by atoms with E-state index >= 15 is 0 Å². The van der Waals surface area contributed by atoms with Gasteiger partial charge in [0, 0.05) is 25.0 Å². The summed E-state index contributed by atoms with van der Waals surface area (Å²) in [5, 5.41) is 4.24. The van der Waals surface area contributed by atoms with E-state index in [1.54, 1.807) is 11.3 Å². The zero-order chi connectivity index (χ0) is 13.9. The lowest BCUT2D eigenvalue weighted by molar-refractivity contribution is -0.132. The molecular formula is C16H24N2OS. The summed E-state index contributed by atoms with van der Waals surface area (Å²) in [4.78, 5) is 17.2. The molecule has 3 rings (SSSR count). The number of hydrogen-bond donors (Lipinski definition) is 0. The monoisotopic (exact) mass is 292 g/mol. The Bertz CT molecular complexity index is 445. The van der Waals surface area contributed by atoms with Crippen molar-refractivity contribution in [3.63, 3.8) is 0 Å². The van der Waals surface area contributed by atoms with Crippen LogP contribution in [0.25, 0.3) is 0 Å². The van der Waals surface area contributed by atoms with Gasteiger partial charge in [-0.15, -0.1) is 0 Å². The molecule has 3 heterocycles. The van der Waals surface area contributed by atoms with Gasteiger partial charge in [-0.05, 0) is 68.1 Å². The molecule has 4 heteroatoms. The number of likely N-dealkylation sites (N-methyl/N-ethyl adjacent to an activating group) is 1. The fourth-order valence-electron chi connectivity index (χ4n) is 3.75. The second-order valence-electron chi connectivity index (χ2n) is 6.12. The number of amides is 1. The van der Waals surface area contributed by atoms with E-state index < -0.39 is 0 Å². The number of aryl methyl sites for hydroxylation is 1. The van der Waals surface area contributed by atoms with Crippen LogP contribution in [-0.2, 0) is 11.2 Å². The van der Waals surface area contributed by atoms with Crippen LogP contribution >= 0.6 is 11.3 Å². The highest BCUT2D eigenvalue weighted by Gasteiger charge is 2.37. The smallest absolute Gasteiger partial charge is 0.223 e. The van der Waals surface area contributed by atoms with E-state index in [0.717, 1.165) is 13.0 Å². The molecule has 2 aliphatic rings. The molecule has 2 fully saturated rings. The minimum atomic E-state index is 0.360. The Balaban J connectivity index is 1.58. The van der Waals surface area contributed by atoms with Gasteiger partial charge in [-0.3, -0.25) is 4.79 Å². The Morgan fingerprint density at radius 2 is 2.10 bits per heavy atom. The molecule has 0 unspecified atom stereocenters. The summed E-state index contributed by atoms with van der Waals surface area (Å²) in [7, 11) is 2.21. The van der Waals surface area contributed by atoms with Gasteiger partial charge in [0.15, 0.2) is 0 Å². The van der Waals surface area contributed by atoms with E-state index in [1.165, 1.54) is 37.8 Å². The summed E-state index contributed by atoms with van der Waals surface area (Å²) in [5.74, 6) is 0.360. The highest BCUT2D eigenvalue weighted by molar-refractivity contribution is 7.07. The Labute approximate surface area is 125 Å². The molecule has 110 valence electrons. The number of carbonyl (C=O) groups is 1. The van der Waals surface area contributed by atoms with E-state index in [2.05, 4.69) is 33.7 Å². The first-order valence-electron chi connectivity index (χ1n) is 7.76. The van der Waals surface area contributed by atoms with E-state index in [1.807, 2.05) is 0 Å². The topological polar surface area (TPSA) is 23.6 Å². The van der Waals surface area contributed by atoms with Crippen LogP contribution in [0.4, 0.5) is 0 Å². The molecule has 3 nitrogen and oxygen atoms in total. The predicted octanol–water partition coefficient (Wildman–Crippen LogP) is 2.77. The summed E-state index contributed by atoms with van der Waals surface area (Å²) in [6.45, 7) is 2.16. The highest BCUT2D eigenvalue weighted by atomic mass is 32.1. The van der Waals surface area contributed by atoms with E-state index in [4.69, 9.17) is 0 Å². The number of thiophene rings is 1. The average molecular weight is 292 g/mol. The van der Waals surface area contributed by atoms with E-state index in [0.29, 0.717) is 24.4 Å². The molecule has 20 heavy (non-hydrogen) atoms. The first-order chi connectivity index (χ1) is 9.75. The Kier molecular flexibility index (Phi) is 4.41. The molecule has 1 aromatic rings. The van der Waals surface area contributed by atoms with Gasteiger partial charge in [0.1, 0.15) is 0 Å². The normalized spacial score (nSPS) is 27.4. The average Bonchev–Trinajstić information content (AvgIpc) is 3.16. The molecule has 0 bridgehead atoms. The van der Waals surface area contributed by atoms with Crippen LogP contribution in [0, 0.1) is 0 Å². The summed E-state index contributed by atoms with van der Waals surface area (Å²) < 4.78 is 0. The minimum Gasteiger partial charge on any atom is -0.338 e. The van der Waals surface area contributed by atoms with Crippen molar-refractivity contribution in [1.82, 2.24) is 9.80 Å². The number of nitrogens with zero attached hydrogens (tertiary/aromatic N) is 2. The standard InChI is InChI=1S/C16H24N2OS/c1-17-9-2-4-14(17)15-5-3-10-18(15)16(19)7-6-13-8-11-20-12-13/h8,11-12,14-15H,2-7,9-10H2,1H3/t14-,15+/m1/s1. The van der Waals surface area contributed by atoms with Crippen molar-refractivity contribution in [2.75, 3.05) is 20.1 Å². The molecule has 0 aromatic carbocycles. The van der Waals surface area contributed by atoms with Gasteiger partial charge < -0.3 is 9.80 Å². The zero-order valence-electron chi connectivity index (χ0n) is 12.3. The lowest BCUT2D eigenvalue weighted by Crippen LogP contribution is -2.47. The van der Waals surface area contributed by atoms with Crippen molar-refractivity contribution in [3.8, 4) is 0 Å². The maximum Gasteiger partial charge on any atom is 0.223 e. The van der Waals surface area contributed by atoms with Crippen molar-refractivity contribution >= 4 is 17.2 Å². The maximum atomic E-state index is 12.5. The van der Waals surface area contributed by atoms with Gasteiger partial charge in [0.2, 0.25) is 5.91 Å². The molecule has 1 aromatic heterocycles. The first-order valence-corrected chi connectivity index (χ1v) is 8.71. The first kappa shape index (κ1) is 14.1. The molecular weight excluding hydrogens is 268 g/mol. The highest BCUT2D eigenvalue weighted by Crippen LogP contribution is 2.29. The Morgan fingerprint density at radius 3 is 2.80 bits per heavy atom. The van der Waals surface area contributed by atoms with Crippen molar-refractivity contribution in [2.45, 2.75) is 50.6 Å². The van der Waals surface area contributed by atoms with Crippen molar-refractivity contribution in [3.05, 3.63) is 22.4 Å². The van der Waals surface area contributed by atoms with Gasteiger partial charge in [0.05, 0.1) is 0 Å². The Hall–Kier alpha value is -0.870. The lowest BCUT2D eigenvalue weighted by atomic mass is 10.0. The maximum absolute atomic E-state index is 12.5. The fraction of sp³-hybridized carbons (Fsp3) is 0.688. The quantitative estimate of drug-likeness (QED) is 0.852. The summed E-state index contributed by atoms with van der Waals surface area (Å²) >= 11 is 1.71. The third-order valence-electron chi connectivity index (χ3n) is 4.85. The van der Waals surface area contributed by atoms with Crippen LogP contribution in [0.2, 0.25) is 0 Å². The van der Waals surface area contributed by atoms with Crippen LogP contribution < -0.4 is 0 Å². The zero-order valence-corrected chi connectivity index (χ0v) is 13.1. The summed E-state index contributed by atoms with van der Waals surface area (Å²) in [6.07, 6.45) is 6.48. The lowest BCUT2D eigenvalue weighted by Gasteiger charge is -2.33. The van der Waals surface area contributed by atoms with Crippen molar-refractivity contribution < 1.29 is 4.79 Å². The largest absolute Gasteiger partial charge is 0.338 e. The van der Waals surface area contributed by atoms with Crippen LogP contribution in [0.3, 0.4) is 0 Å². The summed E-state index contributed by atoms with van der Waals surface area (Å²) in [6, 6.07) is 3.20. The molecule has 2 saturated heterocycles. The molecule has 0 aliphatic carbocycles. The third-order valence-corrected chi connectivity index (χ3v) is 5.58. The molecule has 0 N–H and O–H groups in total. The van der Waals surface area contributed by atoms with Gasteiger partial charge in [0.25, 0.3) is 0 Å². The van der Waals surface area contributed by atoms with E-state index in [9.17, 15) is 4.79 Å². The van der Waals surface area contributed by atoms with Gasteiger partial charge in [-0.1, -0.05) is 0 Å². The molecule has 0 saturated carbocycles. The van der Waals surface area contributed by atoms with Crippen molar-refractivity contribution in [2.24, 2.45) is 0 Å². The van der Waals surface area contributed by atoms with Crippen LogP contribution in [0.5, 0.6) is 0 Å². The SMILES string of the molecule is CN1CCC[C@@H]1[C@@H]1CCCN1C(=O)CCc1ccsc1. The second kappa shape index (κ2) is 6.27. The molecule has 2 atom stereocenters. The summed E-state index contributed by atoms with van der Waals surface area (Å²) in [5.41, 5.74) is 1.30. The third kappa shape index (κ3) is 2.91. The molecule has 0 radical (unpaired) electrons. The number of carbonyl (C=O) groups excluding carboxylic acids is 1. The molecule has 1 amide bonds. The molecule has 2 aliphatic heterocycles. The van der Waals surface area contributed by atoms with Crippen molar-refractivity contribution in [1.29, 1.82) is 0 Å². The van der Waals surface area contributed by atoms with Crippen LogP contribution in [0.15, 0.2) is 16.8 Å². The number of rotatable bonds is 4. The van der Waals surface area contributed by atoms with Crippen LogP contribution in [-0.4, -0.2) is 47.9 Å². The molecule has 0 spiro atoms. The second-order valence-corrected chi connectivity index (χ2v) is 6.90.